The second-order valence-electron chi connectivity index (χ2n) is 4.62. The zero-order valence-electron chi connectivity index (χ0n) is 11.6. The van der Waals surface area contributed by atoms with Crippen LogP contribution in [0.25, 0.3) is 0 Å². The van der Waals surface area contributed by atoms with E-state index in [1.165, 1.54) is 0 Å². The molecule has 0 fully saturated rings. The van der Waals surface area contributed by atoms with Gasteiger partial charge in [-0.25, -0.2) is 8.78 Å². The zero-order valence-corrected chi connectivity index (χ0v) is 11.6. The van der Waals surface area contributed by atoms with Gasteiger partial charge in [0.05, 0.1) is 5.56 Å². The normalized spacial score (nSPS) is 11.8. The maximum absolute atomic E-state index is 13.9. The van der Waals surface area contributed by atoms with Crippen LogP contribution in [0.15, 0.2) is 42.5 Å². The number of carbonyl (C=O) groups excluding carboxylic acids is 1. The first kappa shape index (κ1) is 15.9. The van der Waals surface area contributed by atoms with Crippen LogP contribution in [0.3, 0.4) is 0 Å². The Bertz CT molecular complexity index is 612. The summed E-state index contributed by atoms with van der Waals surface area (Å²) in [7, 11) is 0. The lowest BCUT2D eigenvalue weighted by Crippen LogP contribution is -2.21. The highest BCUT2D eigenvalue weighted by atomic mass is 19.1. The highest BCUT2D eigenvalue weighted by Gasteiger charge is 2.19. The molecule has 0 aromatic heterocycles. The molecule has 0 saturated heterocycles. The van der Waals surface area contributed by atoms with E-state index in [1.807, 2.05) is 30.3 Å². The minimum Gasteiger partial charge on any atom is -0.489 e. The molecule has 22 heavy (non-hydrogen) atoms. The van der Waals surface area contributed by atoms with Gasteiger partial charge in [0, 0.05) is 18.7 Å². The van der Waals surface area contributed by atoms with Crippen LogP contribution in [0.2, 0.25) is 0 Å². The molecule has 0 bridgehead atoms. The second kappa shape index (κ2) is 7.51. The first-order valence-electron chi connectivity index (χ1n) is 6.62. The van der Waals surface area contributed by atoms with Crippen molar-refractivity contribution in [2.24, 2.45) is 0 Å². The van der Waals surface area contributed by atoms with Crippen molar-refractivity contribution >= 4 is 6.41 Å². The smallest absolute Gasteiger partial charge is 0.207 e. The van der Waals surface area contributed by atoms with Gasteiger partial charge in [-0.1, -0.05) is 30.3 Å². The minimum absolute atomic E-state index is 0.0261. The Morgan fingerprint density at radius 1 is 1.18 bits per heavy atom. The first-order chi connectivity index (χ1) is 10.6. The van der Waals surface area contributed by atoms with Crippen molar-refractivity contribution in [1.29, 1.82) is 0 Å². The number of nitrogens with one attached hydrogen (secondary N) is 1. The van der Waals surface area contributed by atoms with Gasteiger partial charge in [-0.15, -0.1) is 0 Å². The van der Waals surface area contributed by atoms with Gasteiger partial charge in [0.1, 0.15) is 30.1 Å². The van der Waals surface area contributed by atoms with E-state index >= 15 is 0 Å². The molecule has 0 spiro atoms. The Balaban J connectivity index is 2.10. The fraction of sp³-hybridized carbons (Fsp3) is 0.188. The molecule has 0 saturated carbocycles. The lowest BCUT2D eigenvalue weighted by atomic mass is 10.1. The molecule has 0 aliphatic carbocycles. The van der Waals surface area contributed by atoms with Crippen molar-refractivity contribution in [3.8, 4) is 5.75 Å². The van der Waals surface area contributed by atoms with Crippen molar-refractivity contribution in [2.75, 3.05) is 6.54 Å². The van der Waals surface area contributed by atoms with Gasteiger partial charge in [0.25, 0.3) is 0 Å². The lowest BCUT2D eigenvalue weighted by Gasteiger charge is -2.14. The summed E-state index contributed by atoms with van der Waals surface area (Å²) in [5, 5.41) is 11.8. The van der Waals surface area contributed by atoms with Crippen LogP contribution in [0.4, 0.5) is 8.78 Å². The Labute approximate surface area is 126 Å². The summed E-state index contributed by atoms with van der Waals surface area (Å²) in [6.07, 6.45) is -1.12. The van der Waals surface area contributed by atoms with Crippen LogP contribution in [0, 0.1) is 11.6 Å². The molecule has 116 valence electrons. The molecule has 1 unspecified atom stereocenters. The molecular weight excluding hydrogens is 292 g/mol. The second-order valence-corrected chi connectivity index (χ2v) is 4.62. The van der Waals surface area contributed by atoms with E-state index in [1.54, 1.807) is 0 Å². The average Bonchev–Trinajstić information content (AvgIpc) is 2.51. The van der Waals surface area contributed by atoms with Gasteiger partial charge in [-0.3, -0.25) is 4.79 Å². The molecular formula is C16H15F2NO3. The van der Waals surface area contributed by atoms with Crippen molar-refractivity contribution in [2.45, 2.75) is 12.7 Å². The molecule has 2 N–H and O–H groups in total. The number of aliphatic hydroxyl groups is 1. The topological polar surface area (TPSA) is 58.6 Å². The van der Waals surface area contributed by atoms with Gasteiger partial charge in [0.15, 0.2) is 0 Å². The van der Waals surface area contributed by atoms with Crippen LogP contribution in [-0.4, -0.2) is 18.1 Å². The number of aliphatic hydroxyl groups excluding tert-OH is 1. The fourth-order valence-corrected chi connectivity index (χ4v) is 1.97. The molecule has 2 rings (SSSR count). The van der Waals surface area contributed by atoms with Crippen LogP contribution >= 0.6 is 0 Å². The van der Waals surface area contributed by atoms with Crippen LogP contribution in [0.5, 0.6) is 5.75 Å². The van der Waals surface area contributed by atoms with Crippen molar-refractivity contribution < 1.29 is 23.4 Å². The zero-order chi connectivity index (χ0) is 15.9. The quantitative estimate of drug-likeness (QED) is 0.772. The van der Waals surface area contributed by atoms with E-state index in [0.29, 0.717) is 6.41 Å². The van der Waals surface area contributed by atoms with Gasteiger partial charge < -0.3 is 15.2 Å². The van der Waals surface area contributed by atoms with Crippen LogP contribution in [-0.2, 0) is 11.4 Å². The highest BCUT2D eigenvalue weighted by Crippen LogP contribution is 2.26. The molecule has 0 aliphatic rings. The van der Waals surface area contributed by atoms with Crippen molar-refractivity contribution in [3.05, 3.63) is 65.2 Å². The largest absolute Gasteiger partial charge is 0.489 e. The number of amides is 1. The number of hydrogen-bond acceptors (Lipinski definition) is 3. The van der Waals surface area contributed by atoms with E-state index in [2.05, 4.69) is 5.32 Å². The molecule has 1 atom stereocenters. The van der Waals surface area contributed by atoms with E-state index in [-0.39, 0.29) is 18.9 Å². The molecule has 0 heterocycles. The standard InChI is InChI=1S/C16H15F2NO3/c17-13-6-12(22-9-11-4-2-1-3-5-11)7-14(18)16(13)15(21)8-19-10-20/h1-7,10,15,21H,8-9H2,(H,19,20). The summed E-state index contributed by atoms with van der Waals surface area (Å²) in [5.41, 5.74) is 0.365. The van der Waals surface area contributed by atoms with Crippen LogP contribution in [0.1, 0.15) is 17.2 Å². The number of halogens is 2. The number of benzene rings is 2. The fourth-order valence-electron chi connectivity index (χ4n) is 1.97. The summed E-state index contributed by atoms with van der Waals surface area (Å²) in [5.74, 6) is -1.83. The summed E-state index contributed by atoms with van der Waals surface area (Å²) in [6, 6.07) is 11.2. The van der Waals surface area contributed by atoms with Gasteiger partial charge in [-0.2, -0.15) is 0 Å². The van der Waals surface area contributed by atoms with E-state index in [0.717, 1.165) is 17.7 Å². The molecule has 6 heteroatoms. The van der Waals surface area contributed by atoms with E-state index in [4.69, 9.17) is 4.74 Å². The predicted molar refractivity (Wildman–Crippen MR) is 76.2 cm³/mol. The maximum atomic E-state index is 13.9. The molecule has 1 amide bonds. The number of hydrogen-bond donors (Lipinski definition) is 2. The summed E-state index contributed by atoms with van der Waals surface area (Å²) >= 11 is 0. The Hall–Kier alpha value is -2.47. The Morgan fingerprint density at radius 2 is 1.82 bits per heavy atom. The number of carbonyl (C=O) groups is 1. The Kier molecular flexibility index (Phi) is 5.43. The number of ether oxygens (including phenoxy) is 1. The summed E-state index contributed by atoms with van der Waals surface area (Å²) in [6.45, 7) is -0.101. The third-order valence-corrected chi connectivity index (χ3v) is 3.03. The third kappa shape index (κ3) is 4.02. The first-order valence-corrected chi connectivity index (χ1v) is 6.62. The third-order valence-electron chi connectivity index (χ3n) is 3.03. The molecule has 0 radical (unpaired) electrons. The molecule has 2 aromatic rings. The van der Waals surface area contributed by atoms with E-state index < -0.39 is 23.3 Å². The van der Waals surface area contributed by atoms with Gasteiger partial charge in [-0.05, 0) is 5.56 Å². The van der Waals surface area contributed by atoms with E-state index in [9.17, 15) is 18.7 Å². The maximum Gasteiger partial charge on any atom is 0.207 e. The molecule has 0 aliphatic heterocycles. The number of rotatable bonds is 7. The predicted octanol–water partition coefficient (Wildman–Crippen LogP) is 2.32. The minimum atomic E-state index is -1.46. The van der Waals surface area contributed by atoms with Crippen molar-refractivity contribution in [3.63, 3.8) is 0 Å². The van der Waals surface area contributed by atoms with Gasteiger partial charge >= 0.3 is 0 Å². The molecule has 2 aromatic carbocycles. The average molecular weight is 307 g/mol. The lowest BCUT2D eigenvalue weighted by molar-refractivity contribution is -0.110. The summed E-state index contributed by atoms with van der Waals surface area (Å²) < 4.78 is 33.2. The molecule has 4 nitrogen and oxygen atoms in total. The van der Waals surface area contributed by atoms with Crippen molar-refractivity contribution in [1.82, 2.24) is 5.32 Å². The van der Waals surface area contributed by atoms with Crippen LogP contribution < -0.4 is 10.1 Å². The highest BCUT2D eigenvalue weighted by molar-refractivity contribution is 5.46. The monoisotopic (exact) mass is 307 g/mol. The SMILES string of the molecule is O=CNCC(O)c1c(F)cc(OCc2ccccc2)cc1F. The van der Waals surface area contributed by atoms with Gasteiger partial charge in [0.2, 0.25) is 6.41 Å². The Morgan fingerprint density at radius 3 is 2.41 bits per heavy atom. The summed E-state index contributed by atoms with van der Waals surface area (Å²) in [4.78, 5) is 10.2.